The molecule has 1 unspecified atom stereocenters. The van der Waals surface area contributed by atoms with E-state index in [-0.39, 0.29) is 17.5 Å². The van der Waals surface area contributed by atoms with Crippen molar-refractivity contribution in [3.8, 4) is 28.8 Å². The van der Waals surface area contributed by atoms with Crippen LogP contribution >= 0.6 is 0 Å². The number of benzene rings is 2. The van der Waals surface area contributed by atoms with Gasteiger partial charge in [0, 0.05) is 38.5 Å². The van der Waals surface area contributed by atoms with Crippen molar-refractivity contribution >= 4 is 15.7 Å². The van der Waals surface area contributed by atoms with Gasteiger partial charge in [0.1, 0.15) is 17.6 Å². The number of pyridine rings is 1. The Balaban J connectivity index is 1.39. The van der Waals surface area contributed by atoms with Crippen LogP contribution in [0.1, 0.15) is 24.6 Å². The summed E-state index contributed by atoms with van der Waals surface area (Å²) in [6.45, 7) is 2.28. The van der Waals surface area contributed by atoms with Crippen LogP contribution in [0.2, 0.25) is 0 Å². The molecule has 204 valence electrons. The number of hydrogen-bond donors (Lipinski definition) is 0. The predicted molar refractivity (Wildman–Crippen MR) is 154 cm³/mol. The first-order valence-corrected chi connectivity index (χ1v) is 14.4. The van der Waals surface area contributed by atoms with E-state index in [9.17, 15) is 13.7 Å². The molecule has 0 spiro atoms. The van der Waals surface area contributed by atoms with Gasteiger partial charge in [0.15, 0.2) is 5.65 Å². The molecule has 8 nitrogen and oxygen atoms in total. The van der Waals surface area contributed by atoms with Gasteiger partial charge in [-0.2, -0.15) is 9.57 Å². The Hall–Kier alpha value is -4.23. The summed E-state index contributed by atoms with van der Waals surface area (Å²) in [5.74, 6) is 0.964. The van der Waals surface area contributed by atoms with Crippen LogP contribution in [0.25, 0.3) is 16.9 Å². The number of methoxy groups -OCH3 is 1. The molecular formula is C31H30N4O4S. The maximum absolute atomic E-state index is 13.3. The highest BCUT2D eigenvalue weighted by Crippen LogP contribution is 2.32. The van der Waals surface area contributed by atoms with Gasteiger partial charge in [-0.05, 0) is 54.8 Å². The van der Waals surface area contributed by atoms with Crippen LogP contribution in [0.5, 0.6) is 11.5 Å². The monoisotopic (exact) mass is 554 g/mol. The summed E-state index contributed by atoms with van der Waals surface area (Å²) in [4.78, 5) is 4.86. The number of nitrogens with zero attached hydrogens (tertiary/aromatic N) is 4. The van der Waals surface area contributed by atoms with Gasteiger partial charge >= 0.3 is 0 Å². The minimum atomic E-state index is -3.75. The summed E-state index contributed by atoms with van der Waals surface area (Å²) >= 11 is 0. The van der Waals surface area contributed by atoms with Gasteiger partial charge in [-0.15, -0.1) is 0 Å². The molecular weight excluding hydrogens is 524 g/mol. The number of rotatable bonds is 9. The highest BCUT2D eigenvalue weighted by Gasteiger charge is 2.23. The van der Waals surface area contributed by atoms with E-state index in [2.05, 4.69) is 6.07 Å². The third-order valence-electron chi connectivity index (χ3n) is 6.88. The van der Waals surface area contributed by atoms with Gasteiger partial charge in [0.25, 0.3) is 0 Å². The first kappa shape index (κ1) is 27.3. The van der Waals surface area contributed by atoms with Crippen molar-refractivity contribution in [2.24, 2.45) is 0 Å². The number of aromatic nitrogens is 2. The number of fused-ring (bicyclic) bond motifs is 1. The summed E-state index contributed by atoms with van der Waals surface area (Å²) in [5, 5.41) is 9.52. The average molecular weight is 555 g/mol. The van der Waals surface area contributed by atoms with Gasteiger partial charge in [-0.3, -0.25) is 4.40 Å². The first-order valence-electron chi connectivity index (χ1n) is 13.0. The van der Waals surface area contributed by atoms with Gasteiger partial charge in [-0.25, -0.2) is 13.4 Å². The normalized spacial score (nSPS) is 15.3. The number of nitriles is 1. The minimum absolute atomic E-state index is 0.0225. The zero-order valence-electron chi connectivity index (χ0n) is 22.6. The third kappa shape index (κ3) is 5.42. The Morgan fingerprint density at radius 2 is 1.90 bits per heavy atom. The molecule has 0 saturated carbocycles. The number of sulfonamides is 1. The fourth-order valence-corrected chi connectivity index (χ4v) is 5.95. The zero-order valence-corrected chi connectivity index (χ0v) is 23.4. The molecule has 0 aliphatic heterocycles. The number of imidazole rings is 1. The van der Waals surface area contributed by atoms with Crippen LogP contribution in [-0.2, 0) is 21.2 Å². The van der Waals surface area contributed by atoms with Crippen LogP contribution in [0.15, 0.2) is 95.6 Å². The van der Waals surface area contributed by atoms with Gasteiger partial charge in [0.05, 0.1) is 28.0 Å². The summed E-state index contributed by atoms with van der Waals surface area (Å²) < 4.78 is 41.4. The Morgan fingerprint density at radius 3 is 2.60 bits per heavy atom. The van der Waals surface area contributed by atoms with Crippen LogP contribution in [0.4, 0.5) is 0 Å². The van der Waals surface area contributed by atoms with E-state index in [0.717, 1.165) is 22.5 Å². The number of likely N-dealkylation sites (N-methyl/N-ethyl adjacent to an activating group) is 1. The minimum Gasteiger partial charge on any atom is -0.457 e. The van der Waals surface area contributed by atoms with Crippen molar-refractivity contribution in [1.82, 2.24) is 13.7 Å². The van der Waals surface area contributed by atoms with E-state index < -0.39 is 10.0 Å². The fourth-order valence-electron chi connectivity index (χ4n) is 4.75. The molecule has 0 fully saturated rings. The first-order chi connectivity index (χ1) is 19.3. The van der Waals surface area contributed by atoms with Crippen molar-refractivity contribution in [3.63, 3.8) is 0 Å². The molecule has 0 bridgehead atoms. The van der Waals surface area contributed by atoms with Crippen molar-refractivity contribution < 1.29 is 17.9 Å². The molecule has 0 saturated heterocycles. The lowest BCUT2D eigenvalue weighted by Crippen LogP contribution is -2.29. The molecule has 1 aliphatic rings. The fraction of sp³-hybridized carbons (Fsp3) is 0.226. The molecule has 2 aromatic carbocycles. The van der Waals surface area contributed by atoms with Crippen LogP contribution < -0.4 is 4.74 Å². The highest BCUT2D eigenvalue weighted by atomic mass is 32.2. The highest BCUT2D eigenvalue weighted by molar-refractivity contribution is 7.89. The van der Waals surface area contributed by atoms with E-state index in [1.54, 1.807) is 38.4 Å². The van der Waals surface area contributed by atoms with Crippen molar-refractivity contribution in [3.05, 3.63) is 102 Å². The lowest BCUT2D eigenvalue weighted by atomic mass is 10.1. The topological polar surface area (TPSA) is 96.9 Å². The molecule has 0 radical (unpaired) electrons. The zero-order chi connectivity index (χ0) is 28.3. The summed E-state index contributed by atoms with van der Waals surface area (Å²) in [6.07, 6.45) is 9.18. The number of ether oxygens (including phenoxy) is 2. The molecule has 2 heterocycles. The van der Waals surface area contributed by atoms with E-state index in [0.29, 0.717) is 35.6 Å². The second kappa shape index (κ2) is 11.5. The Labute approximate surface area is 234 Å². The lowest BCUT2D eigenvalue weighted by Gasteiger charge is -2.21. The maximum atomic E-state index is 13.3. The van der Waals surface area contributed by atoms with E-state index in [4.69, 9.17) is 14.5 Å². The van der Waals surface area contributed by atoms with Crippen LogP contribution in [0, 0.1) is 11.3 Å². The van der Waals surface area contributed by atoms with Gasteiger partial charge in [-0.1, -0.05) is 43.4 Å². The smallest absolute Gasteiger partial charge is 0.243 e. The van der Waals surface area contributed by atoms with Crippen LogP contribution in [0.3, 0.4) is 0 Å². The quantitative estimate of drug-likeness (QED) is 0.261. The third-order valence-corrected chi connectivity index (χ3v) is 8.68. The molecule has 40 heavy (non-hydrogen) atoms. The van der Waals surface area contributed by atoms with Gasteiger partial charge in [0.2, 0.25) is 10.0 Å². The molecule has 2 aromatic heterocycles. The second-order valence-electron chi connectivity index (χ2n) is 9.50. The molecule has 0 N–H and O–H groups in total. The number of hydrogen-bond acceptors (Lipinski definition) is 6. The Bertz CT molecular complexity index is 1770. The van der Waals surface area contributed by atoms with E-state index in [1.807, 2.05) is 66.1 Å². The van der Waals surface area contributed by atoms with Gasteiger partial charge < -0.3 is 9.47 Å². The molecule has 1 aliphatic carbocycles. The second-order valence-corrected chi connectivity index (χ2v) is 11.5. The van der Waals surface area contributed by atoms with Crippen molar-refractivity contribution in [2.75, 3.05) is 20.7 Å². The van der Waals surface area contributed by atoms with E-state index >= 15 is 0 Å². The summed E-state index contributed by atoms with van der Waals surface area (Å²) in [5.41, 5.74) is 4.68. The standard InChI is InChI=1S/C31H30N4O4S/c1-4-29-30(35-17-7-9-24(20-32)31(35)33-29)23-8-5-10-26(18-23)39-27-11-6-12-28(19-27)40(36,37)34(2)21-22-13-15-25(38-3)16-14-22/h5-15,17-19,25H,4,16,21H2,1-3H3. The molecule has 1 atom stereocenters. The van der Waals surface area contributed by atoms with E-state index in [1.165, 1.54) is 10.4 Å². The molecule has 5 rings (SSSR count). The molecule has 0 amide bonds. The predicted octanol–water partition coefficient (Wildman–Crippen LogP) is 5.75. The largest absolute Gasteiger partial charge is 0.457 e. The lowest BCUT2D eigenvalue weighted by molar-refractivity contribution is 0.142. The van der Waals surface area contributed by atoms with Crippen molar-refractivity contribution in [2.45, 2.75) is 30.8 Å². The van der Waals surface area contributed by atoms with Crippen molar-refractivity contribution in [1.29, 1.82) is 5.26 Å². The Morgan fingerprint density at radius 1 is 1.12 bits per heavy atom. The Kier molecular flexibility index (Phi) is 7.85. The summed E-state index contributed by atoms with van der Waals surface area (Å²) in [6, 6.07) is 19.9. The van der Waals surface area contributed by atoms with Crippen LogP contribution in [-0.4, -0.2) is 48.9 Å². The SMILES string of the molecule is CCc1nc2c(C#N)cccn2c1-c1cccc(Oc2cccc(S(=O)(=O)N(C)CC3=CCC(OC)C=C3)c2)c1. The summed E-state index contributed by atoms with van der Waals surface area (Å²) in [7, 11) is -0.519. The molecule has 4 aromatic rings. The maximum Gasteiger partial charge on any atom is 0.243 e. The average Bonchev–Trinajstić information content (AvgIpc) is 3.37. The molecule has 9 heteroatoms. The number of aryl methyl sites for hydroxylation is 1.